The van der Waals surface area contributed by atoms with E-state index in [2.05, 4.69) is 38.4 Å². The van der Waals surface area contributed by atoms with E-state index in [0.717, 1.165) is 20.9 Å². The molecule has 0 bridgehead atoms. The fourth-order valence-electron chi connectivity index (χ4n) is 1.87. The third-order valence-electron chi connectivity index (χ3n) is 3.08. The largest absolute Gasteiger partial charge is 0.496 e. The van der Waals surface area contributed by atoms with E-state index in [0.29, 0.717) is 0 Å². The first-order valence-electron chi connectivity index (χ1n) is 7.19. The summed E-state index contributed by atoms with van der Waals surface area (Å²) in [5, 5.41) is 6.21. The van der Waals surface area contributed by atoms with E-state index in [4.69, 9.17) is 4.74 Å². The summed E-state index contributed by atoms with van der Waals surface area (Å²) in [5.74, 6) is -0.801. The second-order valence-corrected chi connectivity index (χ2v) is 6.04. The molecule has 2 N–H and O–H groups in total. The van der Waals surface area contributed by atoms with Gasteiger partial charge in [0, 0.05) is 5.56 Å². The molecule has 2 rings (SSSR count). The molecule has 0 aromatic heterocycles. The summed E-state index contributed by atoms with van der Waals surface area (Å²) in [6.45, 7) is -0.271. The molecule has 2 aromatic carbocycles. The highest BCUT2D eigenvalue weighted by atomic mass is 127. The molecule has 0 unspecified atom stereocenters. The molecule has 0 saturated heterocycles. The van der Waals surface area contributed by atoms with Crippen LogP contribution in [-0.4, -0.2) is 31.7 Å². The van der Waals surface area contributed by atoms with Crippen LogP contribution in [0, 0.1) is 9.39 Å². The molecular formula is C17H15FIN3O3. The lowest BCUT2D eigenvalue weighted by atomic mass is 10.2. The molecule has 2 amide bonds. The van der Waals surface area contributed by atoms with Crippen LogP contribution >= 0.6 is 22.6 Å². The average molecular weight is 455 g/mol. The highest BCUT2D eigenvalue weighted by Crippen LogP contribution is 2.20. The maximum Gasteiger partial charge on any atom is 0.259 e. The lowest BCUT2D eigenvalue weighted by Crippen LogP contribution is -2.34. The molecule has 0 aliphatic carbocycles. The Kier molecular flexibility index (Phi) is 6.87. The molecule has 0 fully saturated rings. The predicted molar refractivity (Wildman–Crippen MR) is 100 cm³/mol. The van der Waals surface area contributed by atoms with Crippen LogP contribution in [0.2, 0.25) is 0 Å². The summed E-state index contributed by atoms with van der Waals surface area (Å²) >= 11 is 2.13. The second-order valence-electron chi connectivity index (χ2n) is 4.88. The summed E-state index contributed by atoms with van der Waals surface area (Å²) in [4.78, 5) is 23.5. The lowest BCUT2D eigenvalue weighted by molar-refractivity contribution is -0.120. The van der Waals surface area contributed by atoms with Crippen molar-refractivity contribution in [2.45, 2.75) is 0 Å². The Morgan fingerprint density at radius 3 is 2.76 bits per heavy atom. The van der Waals surface area contributed by atoms with Crippen molar-refractivity contribution in [2.24, 2.45) is 5.10 Å². The van der Waals surface area contributed by atoms with Crippen LogP contribution in [0.1, 0.15) is 15.9 Å². The molecule has 0 radical (unpaired) electrons. The summed E-state index contributed by atoms with van der Waals surface area (Å²) in [7, 11) is 1.59. The third kappa shape index (κ3) is 5.82. The first-order valence-corrected chi connectivity index (χ1v) is 8.26. The van der Waals surface area contributed by atoms with Crippen molar-refractivity contribution in [3.8, 4) is 5.75 Å². The number of ether oxygens (including phenoxy) is 1. The quantitative estimate of drug-likeness (QED) is 0.399. The van der Waals surface area contributed by atoms with E-state index < -0.39 is 17.6 Å². The molecule has 0 aliphatic rings. The number of hydrazone groups is 1. The molecule has 130 valence electrons. The van der Waals surface area contributed by atoms with Gasteiger partial charge in [-0.15, -0.1) is 0 Å². The number of carbonyl (C=O) groups excluding carboxylic acids is 2. The van der Waals surface area contributed by atoms with Crippen LogP contribution in [0.4, 0.5) is 4.39 Å². The molecule has 0 aliphatic heterocycles. The van der Waals surface area contributed by atoms with Gasteiger partial charge in [-0.2, -0.15) is 5.10 Å². The SMILES string of the molecule is COc1ccc(C=NNC(=O)CNC(=O)c2cccc(F)c2)cc1I. The molecule has 8 heteroatoms. The number of hydrogen-bond acceptors (Lipinski definition) is 4. The van der Waals surface area contributed by atoms with Gasteiger partial charge in [0.1, 0.15) is 11.6 Å². The molecule has 6 nitrogen and oxygen atoms in total. The fourth-order valence-corrected chi connectivity index (χ4v) is 2.63. The average Bonchev–Trinajstić information content (AvgIpc) is 2.60. The van der Waals surface area contributed by atoms with Crippen molar-refractivity contribution in [3.05, 3.63) is 63.0 Å². The molecule has 0 atom stereocenters. The maximum absolute atomic E-state index is 13.0. The zero-order valence-electron chi connectivity index (χ0n) is 13.3. The highest BCUT2D eigenvalue weighted by molar-refractivity contribution is 14.1. The number of rotatable bonds is 6. The molecule has 0 spiro atoms. The minimum Gasteiger partial charge on any atom is -0.496 e. The monoisotopic (exact) mass is 455 g/mol. The minimum absolute atomic E-state index is 0.143. The number of methoxy groups -OCH3 is 1. The first kappa shape index (κ1) is 18.8. The lowest BCUT2D eigenvalue weighted by Gasteiger charge is -2.05. The van der Waals surface area contributed by atoms with Crippen molar-refractivity contribution < 1.29 is 18.7 Å². The number of carbonyl (C=O) groups is 2. The topological polar surface area (TPSA) is 79.8 Å². The maximum atomic E-state index is 13.0. The molecule has 25 heavy (non-hydrogen) atoms. The summed E-state index contributed by atoms with van der Waals surface area (Å²) < 4.78 is 19.1. The summed E-state index contributed by atoms with van der Waals surface area (Å²) in [6.07, 6.45) is 1.48. The Labute approximate surface area is 157 Å². The Morgan fingerprint density at radius 1 is 1.28 bits per heavy atom. The summed E-state index contributed by atoms with van der Waals surface area (Å²) in [6, 6.07) is 10.6. The van der Waals surface area contributed by atoms with Gasteiger partial charge in [-0.25, -0.2) is 9.82 Å². The van der Waals surface area contributed by atoms with E-state index in [-0.39, 0.29) is 12.1 Å². The zero-order chi connectivity index (χ0) is 18.2. The van der Waals surface area contributed by atoms with Gasteiger partial charge in [0.15, 0.2) is 0 Å². The number of amides is 2. The van der Waals surface area contributed by atoms with E-state index >= 15 is 0 Å². The van der Waals surface area contributed by atoms with Crippen LogP contribution in [0.25, 0.3) is 0 Å². The van der Waals surface area contributed by atoms with Crippen molar-refractivity contribution in [3.63, 3.8) is 0 Å². The van der Waals surface area contributed by atoms with Crippen molar-refractivity contribution >= 4 is 40.6 Å². The van der Waals surface area contributed by atoms with Crippen LogP contribution in [-0.2, 0) is 4.79 Å². The van der Waals surface area contributed by atoms with Gasteiger partial charge in [-0.05, 0) is 64.6 Å². The standard InChI is InChI=1S/C17H15FIN3O3/c1-25-15-6-5-11(7-14(15)19)9-21-22-16(23)10-20-17(24)12-3-2-4-13(18)8-12/h2-9H,10H2,1H3,(H,20,24)(H,22,23). The van der Waals surface area contributed by atoms with Gasteiger partial charge in [-0.3, -0.25) is 9.59 Å². The van der Waals surface area contributed by atoms with Crippen LogP contribution in [0.5, 0.6) is 5.75 Å². The van der Waals surface area contributed by atoms with E-state index in [1.807, 2.05) is 6.07 Å². The van der Waals surface area contributed by atoms with E-state index in [1.165, 1.54) is 24.4 Å². The predicted octanol–water partition coefficient (Wildman–Crippen LogP) is 2.32. The summed E-state index contributed by atoms with van der Waals surface area (Å²) in [5.41, 5.74) is 3.23. The van der Waals surface area contributed by atoms with Gasteiger partial charge in [0.25, 0.3) is 11.8 Å². The minimum atomic E-state index is -0.539. The van der Waals surface area contributed by atoms with Crippen LogP contribution in [0.3, 0.4) is 0 Å². The number of nitrogens with zero attached hydrogens (tertiary/aromatic N) is 1. The smallest absolute Gasteiger partial charge is 0.259 e. The number of hydrogen-bond donors (Lipinski definition) is 2. The Bertz CT molecular complexity index is 811. The van der Waals surface area contributed by atoms with Crippen LogP contribution in [0.15, 0.2) is 47.6 Å². The molecule has 2 aromatic rings. The van der Waals surface area contributed by atoms with Crippen LogP contribution < -0.4 is 15.5 Å². The van der Waals surface area contributed by atoms with Gasteiger partial charge in [0.2, 0.25) is 0 Å². The first-order chi connectivity index (χ1) is 12.0. The number of benzene rings is 2. The van der Waals surface area contributed by atoms with Gasteiger partial charge < -0.3 is 10.1 Å². The molecular weight excluding hydrogens is 440 g/mol. The fraction of sp³-hybridized carbons (Fsp3) is 0.118. The number of nitrogens with one attached hydrogen (secondary N) is 2. The molecule has 0 saturated carbocycles. The molecule has 0 heterocycles. The van der Waals surface area contributed by atoms with Crippen molar-refractivity contribution in [1.82, 2.24) is 10.7 Å². The zero-order valence-corrected chi connectivity index (χ0v) is 15.4. The van der Waals surface area contributed by atoms with E-state index in [1.54, 1.807) is 19.2 Å². The Morgan fingerprint density at radius 2 is 2.08 bits per heavy atom. The second kappa shape index (κ2) is 9.11. The van der Waals surface area contributed by atoms with Gasteiger partial charge in [0.05, 0.1) is 23.4 Å². The van der Waals surface area contributed by atoms with Crippen molar-refractivity contribution in [1.29, 1.82) is 0 Å². The Hall–Kier alpha value is -2.49. The Balaban J connectivity index is 1.82. The van der Waals surface area contributed by atoms with Crippen molar-refractivity contribution in [2.75, 3.05) is 13.7 Å². The van der Waals surface area contributed by atoms with Gasteiger partial charge >= 0.3 is 0 Å². The van der Waals surface area contributed by atoms with Gasteiger partial charge in [-0.1, -0.05) is 6.07 Å². The van der Waals surface area contributed by atoms with E-state index in [9.17, 15) is 14.0 Å². The highest BCUT2D eigenvalue weighted by Gasteiger charge is 2.08. The number of halogens is 2. The normalized spacial score (nSPS) is 10.5. The third-order valence-corrected chi connectivity index (χ3v) is 3.92.